The number of ether oxygens (including phenoxy) is 1. The molecule has 0 aliphatic carbocycles. The molecule has 1 atom stereocenters. The second-order valence-corrected chi connectivity index (χ2v) is 6.02. The molecule has 1 saturated heterocycles. The molecule has 1 aliphatic heterocycles. The molecule has 1 heterocycles. The molecule has 4 nitrogen and oxygen atoms in total. The van der Waals surface area contributed by atoms with Crippen LogP contribution in [0, 0.1) is 5.82 Å². The van der Waals surface area contributed by atoms with E-state index in [0.29, 0.717) is 16.8 Å². The van der Waals surface area contributed by atoms with E-state index in [1.54, 1.807) is 6.07 Å². The first-order valence-electron chi connectivity index (χ1n) is 6.70. The van der Waals surface area contributed by atoms with E-state index in [0.717, 1.165) is 25.9 Å². The summed E-state index contributed by atoms with van der Waals surface area (Å²) in [5.41, 5.74) is 0. The fourth-order valence-corrected chi connectivity index (χ4v) is 2.70. The largest absolute Gasteiger partial charge is 0.491 e. The molecule has 112 valence electrons. The van der Waals surface area contributed by atoms with Gasteiger partial charge >= 0.3 is 0 Å². The van der Waals surface area contributed by atoms with Crippen LogP contribution in [0.2, 0.25) is 0 Å². The number of nitrogens with zero attached hydrogens (tertiary/aromatic N) is 1. The zero-order chi connectivity index (χ0) is 14.5. The molecule has 0 spiro atoms. The molecule has 20 heavy (non-hydrogen) atoms. The number of halogens is 2. The number of hydrogen-bond acceptors (Lipinski definition) is 4. The van der Waals surface area contributed by atoms with Crippen LogP contribution in [-0.4, -0.2) is 53.6 Å². The second-order valence-electron chi connectivity index (χ2n) is 5.10. The van der Waals surface area contributed by atoms with E-state index >= 15 is 0 Å². The van der Waals surface area contributed by atoms with Crippen molar-refractivity contribution in [2.75, 3.05) is 26.2 Å². The van der Waals surface area contributed by atoms with Crippen LogP contribution in [0.4, 0.5) is 4.39 Å². The van der Waals surface area contributed by atoms with Gasteiger partial charge in [0.1, 0.15) is 24.3 Å². The smallest absolute Gasteiger partial charge is 0.128 e. The van der Waals surface area contributed by atoms with E-state index in [1.165, 1.54) is 12.1 Å². The highest BCUT2D eigenvalue weighted by Gasteiger charge is 2.19. The second kappa shape index (κ2) is 7.36. The number of likely N-dealkylation sites (tertiary alicyclic amines) is 1. The summed E-state index contributed by atoms with van der Waals surface area (Å²) in [7, 11) is 0. The molecule has 2 rings (SSSR count). The van der Waals surface area contributed by atoms with Crippen LogP contribution in [0.25, 0.3) is 0 Å². The van der Waals surface area contributed by atoms with Gasteiger partial charge in [0, 0.05) is 30.2 Å². The molecule has 0 radical (unpaired) electrons. The predicted octanol–water partition coefficient (Wildman–Crippen LogP) is 1.78. The summed E-state index contributed by atoms with van der Waals surface area (Å²) in [5.74, 6) is 0.0128. The van der Waals surface area contributed by atoms with Crippen molar-refractivity contribution in [2.45, 2.75) is 25.0 Å². The summed E-state index contributed by atoms with van der Waals surface area (Å²) >= 11 is 3.19. The lowest BCUT2D eigenvalue weighted by atomic mass is 10.1. The molecule has 1 aliphatic rings. The van der Waals surface area contributed by atoms with Gasteiger partial charge in [0.25, 0.3) is 0 Å². The van der Waals surface area contributed by atoms with E-state index in [2.05, 4.69) is 20.8 Å². The van der Waals surface area contributed by atoms with Gasteiger partial charge in [-0.1, -0.05) is 15.9 Å². The Balaban J connectivity index is 1.75. The molecule has 1 fully saturated rings. The Morgan fingerprint density at radius 2 is 2.05 bits per heavy atom. The van der Waals surface area contributed by atoms with Crippen molar-refractivity contribution < 1.29 is 19.3 Å². The third-order valence-electron chi connectivity index (χ3n) is 3.30. The molecule has 0 bridgehead atoms. The van der Waals surface area contributed by atoms with Gasteiger partial charge in [-0.3, -0.25) is 0 Å². The van der Waals surface area contributed by atoms with Crippen molar-refractivity contribution in [1.82, 2.24) is 4.90 Å². The number of β-amino-alcohol motifs (C(OH)–C–C–N with tert-alkyl or cyclic N) is 1. The molecule has 0 amide bonds. The van der Waals surface area contributed by atoms with Gasteiger partial charge in [-0.2, -0.15) is 0 Å². The summed E-state index contributed by atoms with van der Waals surface area (Å²) < 4.78 is 19.2. The van der Waals surface area contributed by atoms with Crippen LogP contribution in [0.15, 0.2) is 22.7 Å². The SMILES string of the molecule is OC1CCN(C[C@@H](O)COc2cc(F)cc(Br)c2)CC1. The summed E-state index contributed by atoms with van der Waals surface area (Å²) in [5, 5.41) is 19.3. The minimum Gasteiger partial charge on any atom is -0.491 e. The van der Waals surface area contributed by atoms with Gasteiger partial charge in [-0.05, 0) is 25.0 Å². The third-order valence-corrected chi connectivity index (χ3v) is 3.76. The average molecular weight is 348 g/mol. The lowest BCUT2D eigenvalue weighted by molar-refractivity contribution is 0.0337. The maximum atomic E-state index is 13.2. The van der Waals surface area contributed by atoms with E-state index < -0.39 is 6.10 Å². The monoisotopic (exact) mass is 347 g/mol. The Kier molecular flexibility index (Phi) is 5.77. The lowest BCUT2D eigenvalue weighted by Gasteiger charge is -2.30. The fraction of sp³-hybridized carbons (Fsp3) is 0.571. The molecular formula is C14H19BrFNO3. The van der Waals surface area contributed by atoms with E-state index in [-0.39, 0.29) is 18.5 Å². The average Bonchev–Trinajstić information content (AvgIpc) is 2.38. The Labute approximate surface area is 126 Å². The zero-order valence-electron chi connectivity index (χ0n) is 11.1. The minimum atomic E-state index is -0.632. The van der Waals surface area contributed by atoms with Crippen molar-refractivity contribution in [1.29, 1.82) is 0 Å². The van der Waals surface area contributed by atoms with Crippen molar-refractivity contribution >= 4 is 15.9 Å². The summed E-state index contributed by atoms with van der Waals surface area (Å²) in [6.07, 6.45) is 0.631. The fourth-order valence-electron chi connectivity index (χ4n) is 2.26. The van der Waals surface area contributed by atoms with Crippen LogP contribution in [0.3, 0.4) is 0 Å². The van der Waals surface area contributed by atoms with Gasteiger partial charge < -0.3 is 19.8 Å². The van der Waals surface area contributed by atoms with E-state index in [9.17, 15) is 14.6 Å². The standard InChI is InChI=1S/C14H19BrFNO3/c15-10-5-11(16)7-14(6-10)20-9-13(19)8-17-3-1-12(18)2-4-17/h5-7,12-13,18-19H,1-4,8-9H2/t13-/m1/s1. The van der Waals surface area contributed by atoms with Gasteiger partial charge in [-0.15, -0.1) is 0 Å². The van der Waals surface area contributed by atoms with Crippen LogP contribution in [0.5, 0.6) is 5.75 Å². The Hall–Kier alpha value is -0.690. The van der Waals surface area contributed by atoms with Gasteiger partial charge in [0.2, 0.25) is 0 Å². The van der Waals surface area contributed by atoms with Crippen LogP contribution in [-0.2, 0) is 0 Å². The third kappa shape index (κ3) is 5.01. The van der Waals surface area contributed by atoms with Crippen LogP contribution in [0.1, 0.15) is 12.8 Å². The summed E-state index contributed by atoms with van der Waals surface area (Å²) in [6, 6.07) is 4.30. The number of aliphatic hydroxyl groups excluding tert-OH is 2. The highest BCUT2D eigenvalue weighted by molar-refractivity contribution is 9.10. The normalized spacial score (nSPS) is 19.0. The highest BCUT2D eigenvalue weighted by Crippen LogP contribution is 2.20. The maximum Gasteiger partial charge on any atom is 0.128 e. The summed E-state index contributed by atoms with van der Waals surface area (Å²) in [4.78, 5) is 2.10. The summed E-state index contributed by atoms with van der Waals surface area (Å²) in [6.45, 7) is 2.19. The Bertz CT molecular complexity index is 418. The Morgan fingerprint density at radius 1 is 1.35 bits per heavy atom. The molecule has 1 aromatic carbocycles. The number of piperidine rings is 1. The van der Waals surface area contributed by atoms with Gasteiger partial charge in [0.05, 0.1) is 6.10 Å². The first-order valence-corrected chi connectivity index (χ1v) is 7.49. The molecule has 0 aromatic heterocycles. The maximum absolute atomic E-state index is 13.2. The van der Waals surface area contributed by atoms with Crippen molar-refractivity contribution in [3.63, 3.8) is 0 Å². The number of rotatable bonds is 5. The van der Waals surface area contributed by atoms with Crippen LogP contribution < -0.4 is 4.74 Å². The quantitative estimate of drug-likeness (QED) is 0.852. The van der Waals surface area contributed by atoms with E-state index in [1.807, 2.05) is 0 Å². The number of benzene rings is 1. The first kappa shape index (κ1) is 15.7. The van der Waals surface area contributed by atoms with Gasteiger partial charge in [-0.25, -0.2) is 4.39 Å². The first-order chi connectivity index (χ1) is 9.52. The number of aliphatic hydroxyl groups is 2. The highest BCUT2D eigenvalue weighted by atomic mass is 79.9. The predicted molar refractivity (Wildman–Crippen MR) is 77.3 cm³/mol. The van der Waals surface area contributed by atoms with Gasteiger partial charge in [0.15, 0.2) is 0 Å². The molecular weight excluding hydrogens is 329 g/mol. The Morgan fingerprint density at radius 3 is 2.70 bits per heavy atom. The number of hydrogen-bond donors (Lipinski definition) is 2. The molecule has 1 aromatic rings. The molecule has 0 saturated carbocycles. The van der Waals surface area contributed by atoms with Crippen molar-refractivity contribution in [2.24, 2.45) is 0 Å². The van der Waals surface area contributed by atoms with Crippen molar-refractivity contribution in [3.05, 3.63) is 28.5 Å². The zero-order valence-corrected chi connectivity index (χ0v) is 12.7. The minimum absolute atomic E-state index is 0.120. The molecule has 0 unspecified atom stereocenters. The molecule has 6 heteroatoms. The van der Waals surface area contributed by atoms with E-state index in [4.69, 9.17) is 4.74 Å². The molecule has 2 N–H and O–H groups in total. The van der Waals surface area contributed by atoms with Crippen LogP contribution >= 0.6 is 15.9 Å². The topological polar surface area (TPSA) is 52.9 Å². The lowest BCUT2D eigenvalue weighted by Crippen LogP contribution is -2.41. The van der Waals surface area contributed by atoms with Crippen molar-refractivity contribution in [3.8, 4) is 5.75 Å².